The summed E-state index contributed by atoms with van der Waals surface area (Å²) in [7, 11) is 0. The maximum atomic E-state index is 11.9. The van der Waals surface area contributed by atoms with Gasteiger partial charge in [-0.1, -0.05) is 43.7 Å². The molecule has 104 valence electrons. The average molecular weight is 263 g/mol. The Hall–Kier alpha value is -1.84. The predicted octanol–water partition coefficient (Wildman–Crippen LogP) is 2.08. The Kier molecular flexibility index (Phi) is 6.64. The van der Waals surface area contributed by atoms with Crippen molar-refractivity contribution in [3.05, 3.63) is 35.9 Å². The van der Waals surface area contributed by atoms with Crippen molar-refractivity contribution >= 4 is 11.9 Å². The fourth-order valence-corrected chi connectivity index (χ4v) is 1.71. The van der Waals surface area contributed by atoms with E-state index in [1.54, 1.807) is 0 Å². The third-order valence-electron chi connectivity index (χ3n) is 2.69. The van der Waals surface area contributed by atoms with E-state index in [1.165, 1.54) is 6.92 Å². The quantitative estimate of drug-likeness (QED) is 0.605. The molecule has 1 amide bonds. The molecule has 0 saturated carbocycles. The zero-order chi connectivity index (χ0) is 14.1. The van der Waals surface area contributed by atoms with Gasteiger partial charge in [-0.2, -0.15) is 0 Å². The second-order valence-electron chi connectivity index (χ2n) is 4.46. The van der Waals surface area contributed by atoms with Crippen molar-refractivity contribution in [2.75, 3.05) is 6.61 Å². The number of amides is 1. The minimum Gasteiger partial charge on any atom is -0.464 e. The van der Waals surface area contributed by atoms with E-state index in [1.807, 2.05) is 37.3 Å². The second kappa shape index (κ2) is 8.29. The number of rotatable bonds is 7. The maximum Gasteiger partial charge on any atom is 0.328 e. The van der Waals surface area contributed by atoms with Gasteiger partial charge in [-0.25, -0.2) is 4.79 Å². The molecule has 1 rings (SSSR count). The van der Waals surface area contributed by atoms with Gasteiger partial charge in [0.25, 0.3) is 0 Å². The Labute approximate surface area is 114 Å². The fraction of sp³-hybridized carbons (Fsp3) is 0.467. The highest BCUT2D eigenvalue weighted by molar-refractivity contribution is 5.83. The number of hydrogen-bond acceptors (Lipinski definition) is 3. The molecule has 0 heterocycles. The lowest BCUT2D eigenvalue weighted by Gasteiger charge is -2.16. The Balaban J connectivity index is 2.60. The summed E-state index contributed by atoms with van der Waals surface area (Å²) in [5.74, 6) is -0.596. The smallest absolute Gasteiger partial charge is 0.328 e. The largest absolute Gasteiger partial charge is 0.464 e. The Morgan fingerprint density at radius 3 is 2.53 bits per heavy atom. The van der Waals surface area contributed by atoms with Gasteiger partial charge in [0.1, 0.15) is 6.04 Å². The zero-order valence-electron chi connectivity index (χ0n) is 11.5. The number of hydrogen-bond donors (Lipinski definition) is 1. The highest BCUT2D eigenvalue weighted by Gasteiger charge is 2.21. The molecule has 0 aliphatic carbocycles. The molecule has 0 aliphatic heterocycles. The Morgan fingerprint density at radius 1 is 1.26 bits per heavy atom. The minimum absolute atomic E-state index is 0.228. The standard InChI is InChI=1S/C15H21NO3/c1-3-4-10-19-15(18)14(16-12(2)17)11-13-8-6-5-7-9-13/h5-9,14H,3-4,10-11H2,1-2H3,(H,16,17). The molecular formula is C15H21NO3. The molecule has 19 heavy (non-hydrogen) atoms. The van der Waals surface area contributed by atoms with Gasteiger partial charge in [0.15, 0.2) is 0 Å². The van der Waals surface area contributed by atoms with Gasteiger partial charge >= 0.3 is 5.97 Å². The summed E-state index contributed by atoms with van der Waals surface area (Å²) < 4.78 is 5.16. The van der Waals surface area contributed by atoms with Crippen molar-refractivity contribution in [1.82, 2.24) is 5.32 Å². The van der Waals surface area contributed by atoms with Crippen LogP contribution in [-0.2, 0) is 20.7 Å². The third kappa shape index (κ3) is 6.04. The predicted molar refractivity (Wildman–Crippen MR) is 73.6 cm³/mol. The molecule has 0 aliphatic rings. The topological polar surface area (TPSA) is 55.4 Å². The lowest BCUT2D eigenvalue weighted by Crippen LogP contribution is -2.42. The molecule has 0 saturated heterocycles. The highest BCUT2D eigenvalue weighted by atomic mass is 16.5. The van der Waals surface area contributed by atoms with Crippen molar-refractivity contribution in [2.24, 2.45) is 0 Å². The monoisotopic (exact) mass is 263 g/mol. The summed E-state index contributed by atoms with van der Waals surface area (Å²) in [4.78, 5) is 23.1. The van der Waals surface area contributed by atoms with E-state index in [-0.39, 0.29) is 11.9 Å². The zero-order valence-corrected chi connectivity index (χ0v) is 11.5. The molecule has 1 atom stereocenters. The summed E-state index contributed by atoms with van der Waals surface area (Å²) >= 11 is 0. The van der Waals surface area contributed by atoms with Crippen LogP contribution in [0.25, 0.3) is 0 Å². The molecule has 0 bridgehead atoms. The van der Waals surface area contributed by atoms with Crippen LogP contribution in [0, 0.1) is 0 Å². The highest BCUT2D eigenvalue weighted by Crippen LogP contribution is 2.05. The van der Waals surface area contributed by atoms with Gasteiger partial charge in [-0.3, -0.25) is 4.79 Å². The molecule has 0 fully saturated rings. The van der Waals surface area contributed by atoms with Crippen molar-refractivity contribution in [2.45, 2.75) is 39.2 Å². The summed E-state index contributed by atoms with van der Waals surface area (Å²) in [6.07, 6.45) is 2.26. The van der Waals surface area contributed by atoms with Crippen LogP contribution in [0.3, 0.4) is 0 Å². The number of carbonyl (C=O) groups excluding carboxylic acids is 2. The molecule has 4 nitrogen and oxygen atoms in total. The molecule has 0 spiro atoms. The molecule has 0 radical (unpaired) electrons. The first kappa shape index (κ1) is 15.2. The number of benzene rings is 1. The number of nitrogens with one attached hydrogen (secondary N) is 1. The van der Waals surface area contributed by atoms with Crippen LogP contribution in [0.1, 0.15) is 32.3 Å². The summed E-state index contributed by atoms with van der Waals surface area (Å²) in [5, 5.41) is 2.64. The summed E-state index contributed by atoms with van der Waals surface area (Å²) in [6, 6.07) is 8.96. The summed E-state index contributed by atoms with van der Waals surface area (Å²) in [5.41, 5.74) is 0.994. The number of carbonyl (C=O) groups is 2. The molecule has 1 aromatic carbocycles. The average Bonchev–Trinajstić information content (AvgIpc) is 2.39. The fourth-order valence-electron chi connectivity index (χ4n) is 1.71. The van der Waals surface area contributed by atoms with Crippen LogP contribution < -0.4 is 5.32 Å². The lowest BCUT2D eigenvalue weighted by atomic mass is 10.1. The van der Waals surface area contributed by atoms with Gasteiger partial charge in [0.2, 0.25) is 5.91 Å². The van der Waals surface area contributed by atoms with Crippen LogP contribution in [0.15, 0.2) is 30.3 Å². The van der Waals surface area contributed by atoms with Crippen molar-refractivity contribution in [3.63, 3.8) is 0 Å². The van der Waals surface area contributed by atoms with Crippen molar-refractivity contribution in [3.8, 4) is 0 Å². The van der Waals surface area contributed by atoms with Crippen LogP contribution in [0.2, 0.25) is 0 Å². The van der Waals surface area contributed by atoms with E-state index in [4.69, 9.17) is 4.74 Å². The van der Waals surface area contributed by atoms with Gasteiger partial charge < -0.3 is 10.1 Å². The van der Waals surface area contributed by atoms with Crippen molar-refractivity contribution in [1.29, 1.82) is 0 Å². The maximum absolute atomic E-state index is 11.9. The van der Waals surface area contributed by atoms with E-state index in [0.717, 1.165) is 18.4 Å². The minimum atomic E-state index is -0.614. The lowest BCUT2D eigenvalue weighted by molar-refractivity contribution is -0.147. The van der Waals surface area contributed by atoms with Crippen LogP contribution in [-0.4, -0.2) is 24.5 Å². The number of unbranched alkanes of at least 4 members (excludes halogenated alkanes) is 1. The van der Waals surface area contributed by atoms with E-state index < -0.39 is 6.04 Å². The third-order valence-corrected chi connectivity index (χ3v) is 2.69. The van der Waals surface area contributed by atoms with Gasteiger partial charge in [-0.05, 0) is 12.0 Å². The first-order valence-corrected chi connectivity index (χ1v) is 6.61. The van der Waals surface area contributed by atoms with Gasteiger partial charge in [0.05, 0.1) is 6.61 Å². The van der Waals surface area contributed by atoms with Crippen molar-refractivity contribution < 1.29 is 14.3 Å². The van der Waals surface area contributed by atoms with Crippen LogP contribution in [0.5, 0.6) is 0 Å². The number of ether oxygens (including phenoxy) is 1. The Bertz CT molecular complexity index is 403. The first-order chi connectivity index (χ1) is 9.13. The first-order valence-electron chi connectivity index (χ1n) is 6.61. The molecule has 0 aromatic heterocycles. The molecule has 1 aromatic rings. The van der Waals surface area contributed by atoms with Gasteiger partial charge in [-0.15, -0.1) is 0 Å². The SMILES string of the molecule is CCCCOC(=O)C(Cc1ccccc1)NC(C)=O. The van der Waals surface area contributed by atoms with Crippen LogP contribution in [0.4, 0.5) is 0 Å². The molecule has 1 N–H and O–H groups in total. The molecule has 1 unspecified atom stereocenters. The van der Waals surface area contributed by atoms with E-state index >= 15 is 0 Å². The van der Waals surface area contributed by atoms with E-state index in [2.05, 4.69) is 5.32 Å². The van der Waals surface area contributed by atoms with Gasteiger partial charge in [0, 0.05) is 13.3 Å². The molecule has 4 heteroatoms. The Morgan fingerprint density at radius 2 is 1.95 bits per heavy atom. The van der Waals surface area contributed by atoms with Crippen LogP contribution >= 0.6 is 0 Å². The normalized spacial score (nSPS) is 11.7. The van der Waals surface area contributed by atoms with E-state index in [0.29, 0.717) is 13.0 Å². The second-order valence-corrected chi connectivity index (χ2v) is 4.46. The summed E-state index contributed by atoms with van der Waals surface area (Å²) in [6.45, 7) is 3.83. The van der Waals surface area contributed by atoms with E-state index in [9.17, 15) is 9.59 Å². The number of esters is 1. The molecular weight excluding hydrogens is 242 g/mol.